The third kappa shape index (κ3) is 5.63. The van der Waals surface area contributed by atoms with E-state index < -0.39 is 10.0 Å². The van der Waals surface area contributed by atoms with Crippen molar-refractivity contribution in [2.75, 3.05) is 13.1 Å². The molecule has 0 unspecified atom stereocenters. The van der Waals surface area contributed by atoms with Gasteiger partial charge in [0.1, 0.15) is 10.7 Å². The standard InChI is InChI=1S/C28H25Cl2N3O4S/c29-22-11-12-24(30)26(17-22)38(35,36)33-16-14-25-23(19-33)27(31-37-25)28(34)32(18-21-9-5-2-6-10-21)15-13-20-7-3-1-4-8-20/h1-12,17H,13-16,18-19H2. The molecule has 0 bridgehead atoms. The Balaban J connectivity index is 1.42. The molecule has 196 valence electrons. The number of carbonyl (C=O) groups is 1. The van der Waals surface area contributed by atoms with Crippen molar-refractivity contribution >= 4 is 39.1 Å². The molecule has 10 heteroatoms. The van der Waals surface area contributed by atoms with E-state index in [-0.39, 0.29) is 46.1 Å². The minimum absolute atomic E-state index is 0.0526. The Morgan fingerprint density at radius 3 is 2.37 bits per heavy atom. The fourth-order valence-electron chi connectivity index (χ4n) is 4.49. The molecular formula is C28H25Cl2N3O4S. The predicted molar refractivity (Wildman–Crippen MR) is 146 cm³/mol. The summed E-state index contributed by atoms with van der Waals surface area (Å²) in [5, 5.41) is 4.45. The summed E-state index contributed by atoms with van der Waals surface area (Å²) in [6, 6.07) is 24.0. The Kier molecular flexibility index (Phi) is 7.85. The number of rotatable bonds is 8. The van der Waals surface area contributed by atoms with Crippen LogP contribution in [0.2, 0.25) is 10.0 Å². The highest BCUT2D eigenvalue weighted by atomic mass is 35.5. The van der Waals surface area contributed by atoms with E-state index in [4.69, 9.17) is 27.7 Å². The molecule has 1 aliphatic rings. The number of amides is 1. The molecule has 5 rings (SSSR count). The van der Waals surface area contributed by atoms with Gasteiger partial charge in [0.05, 0.1) is 5.02 Å². The van der Waals surface area contributed by atoms with E-state index in [1.165, 1.54) is 22.5 Å². The maximum Gasteiger partial charge on any atom is 0.276 e. The van der Waals surface area contributed by atoms with E-state index in [0.29, 0.717) is 30.8 Å². The zero-order valence-electron chi connectivity index (χ0n) is 20.4. The first-order chi connectivity index (χ1) is 18.3. The molecule has 0 N–H and O–H groups in total. The Morgan fingerprint density at radius 2 is 1.66 bits per heavy atom. The molecule has 3 aromatic carbocycles. The van der Waals surface area contributed by atoms with E-state index >= 15 is 0 Å². The molecule has 0 saturated heterocycles. The third-order valence-corrected chi connectivity index (χ3v) is 9.08. The highest BCUT2D eigenvalue weighted by Gasteiger charge is 2.36. The molecular weight excluding hydrogens is 545 g/mol. The highest BCUT2D eigenvalue weighted by molar-refractivity contribution is 7.89. The van der Waals surface area contributed by atoms with Crippen molar-refractivity contribution in [1.29, 1.82) is 0 Å². The molecule has 0 radical (unpaired) electrons. The predicted octanol–water partition coefficient (Wildman–Crippen LogP) is 5.61. The van der Waals surface area contributed by atoms with Crippen LogP contribution in [0.1, 0.15) is 32.9 Å². The summed E-state index contributed by atoms with van der Waals surface area (Å²) in [5.41, 5.74) is 2.68. The number of sulfonamides is 1. The summed E-state index contributed by atoms with van der Waals surface area (Å²) in [6.07, 6.45) is 0.947. The molecule has 2 heterocycles. The van der Waals surface area contributed by atoms with Gasteiger partial charge < -0.3 is 9.42 Å². The molecule has 0 fully saturated rings. The molecule has 38 heavy (non-hydrogen) atoms. The Hall–Kier alpha value is -3.17. The van der Waals surface area contributed by atoms with Gasteiger partial charge in [0.2, 0.25) is 10.0 Å². The fourth-order valence-corrected chi connectivity index (χ4v) is 6.63. The minimum atomic E-state index is -3.97. The van der Waals surface area contributed by atoms with Gasteiger partial charge in [-0.3, -0.25) is 4.79 Å². The Bertz CT molecular complexity index is 1540. The van der Waals surface area contributed by atoms with Crippen LogP contribution in [-0.2, 0) is 36.0 Å². The molecule has 0 atom stereocenters. The number of benzene rings is 3. The summed E-state index contributed by atoms with van der Waals surface area (Å²) in [5.74, 6) is 0.203. The topological polar surface area (TPSA) is 83.7 Å². The first-order valence-corrected chi connectivity index (χ1v) is 14.3. The average molecular weight is 570 g/mol. The molecule has 0 aliphatic carbocycles. The highest BCUT2D eigenvalue weighted by Crippen LogP contribution is 2.32. The average Bonchev–Trinajstić information content (AvgIpc) is 3.36. The molecule has 7 nitrogen and oxygen atoms in total. The van der Waals surface area contributed by atoms with Gasteiger partial charge in [-0.15, -0.1) is 0 Å². The second-order valence-electron chi connectivity index (χ2n) is 9.04. The summed E-state index contributed by atoms with van der Waals surface area (Å²) in [6.45, 7) is 0.958. The molecule has 0 spiro atoms. The maximum atomic E-state index is 13.8. The van der Waals surface area contributed by atoms with Gasteiger partial charge in [0.25, 0.3) is 5.91 Å². The first-order valence-electron chi connectivity index (χ1n) is 12.1. The van der Waals surface area contributed by atoms with Gasteiger partial charge in [-0.2, -0.15) is 4.31 Å². The van der Waals surface area contributed by atoms with Gasteiger partial charge in [-0.25, -0.2) is 8.42 Å². The lowest BCUT2D eigenvalue weighted by Gasteiger charge is -2.27. The number of nitrogens with zero attached hydrogens (tertiary/aromatic N) is 3. The SMILES string of the molecule is O=C(c1noc2c1CN(S(=O)(=O)c1cc(Cl)ccc1Cl)CC2)N(CCc1ccccc1)Cc1ccccc1. The summed E-state index contributed by atoms with van der Waals surface area (Å²) >= 11 is 12.3. The second-order valence-corrected chi connectivity index (χ2v) is 11.8. The van der Waals surface area contributed by atoms with Crippen LogP contribution in [-0.4, -0.2) is 41.8 Å². The summed E-state index contributed by atoms with van der Waals surface area (Å²) < 4.78 is 33.7. The lowest BCUT2D eigenvalue weighted by atomic mass is 10.1. The van der Waals surface area contributed by atoms with Crippen LogP contribution in [0.15, 0.2) is 88.3 Å². The van der Waals surface area contributed by atoms with Crippen LogP contribution >= 0.6 is 23.2 Å². The largest absolute Gasteiger partial charge is 0.360 e. The normalized spacial score (nSPS) is 13.7. The summed E-state index contributed by atoms with van der Waals surface area (Å²) in [7, 11) is -3.97. The van der Waals surface area contributed by atoms with Gasteiger partial charge in [0.15, 0.2) is 5.69 Å². The molecule has 1 aromatic heterocycles. The lowest BCUT2D eigenvalue weighted by molar-refractivity contribution is 0.0733. The third-order valence-electron chi connectivity index (χ3n) is 6.52. The minimum Gasteiger partial charge on any atom is -0.360 e. The van der Waals surface area contributed by atoms with E-state index in [2.05, 4.69) is 5.16 Å². The van der Waals surface area contributed by atoms with Gasteiger partial charge >= 0.3 is 0 Å². The smallest absolute Gasteiger partial charge is 0.276 e. The van der Waals surface area contributed by atoms with Crippen LogP contribution in [0.3, 0.4) is 0 Å². The second kappa shape index (κ2) is 11.3. The van der Waals surface area contributed by atoms with E-state index in [1.54, 1.807) is 4.90 Å². The van der Waals surface area contributed by atoms with Gasteiger partial charge in [-0.05, 0) is 35.7 Å². The number of fused-ring (bicyclic) bond motifs is 1. The van der Waals surface area contributed by atoms with Crippen LogP contribution in [0.4, 0.5) is 0 Å². The van der Waals surface area contributed by atoms with Crippen LogP contribution in [0, 0.1) is 0 Å². The van der Waals surface area contributed by atoms with Crippen molar-refractivity contribution in [3.05, 3.63) is 117 Å². The Morgan fingerprint density at radius 1 is 0.974 bits per heavy atom. The van der Waals surface area contributed by atoms with Crippen molar-refractivity contribution < 1.29 is 17.7 Å². The van der Waals surface area contributed by atoms with Crippen molar-refractivity contribution in [2.45, 2.75) is 30.8 Å². The maximum absolute atomic E-state index is 13.8. The van der Waals surface area contributed by atoms with Crippen molar-refractivity contribution in [3.8, 4) is 0 Å². The number of aromatic nitrogens is 1. The Labute approximate surface area is 231 Å². The van der Waals surface area contributed by atoms with Crippen LogP contribution in [0.25, 0.3) is 0 Å². The van der Waals surface area contributed by atoms with E-state index in [9.17, 15) is 13.2 Å². The monoisotopic (exact) mass is 569 g/mol. The fraction of sp³-hybridized carbons (Fsp3) is 0.214. The molecule has 0 saturated carbocycles. The number of hydrogen-bond acceptors (Lipinski definition) is 5. The van der Waals surface area contributed by atoms with Gasteiger partial charge in [-0.1, -0.05) is 89.0 Å². The number of carbonyl (C=O) groups excluding carboxylic acids is 1. The quantitative estimate of drug-likeness (QED) is 0.275. The molecule has 1 amide bonds. The van der Waals surface area contributed by atoms with Crippen molar-refractivity contribution in [2.24, 2.45) is 0 Å². The van der Waals surface area contributed by atoms with E-state index in [1.807, 2.05) is 60.7 Å². The van der Waals surface area contributed by atoms with Crippen LogP contribution in [0.5, 0.6) is 0 Å². The molecule has 1 aliphatic heterocycles. The number of halogens is 2. The summed E-state index contributed by atoms with van der Waals surface area (Å²) in [4.78, 5) is 15.5. The zero-order chi connectivity index (χ0) is 26.7. The van der Waals surface area contributed by atoms with Crippen molar-refractivity contribution in [1.82, 2.24) is 14.4 Å². The molecule has 4 aromatic rings. The lowest BCUT2D eigenvalue weighted by Crippen LogP contribution is -2.38. The van der Waals surface area contributed by atoms with Gasteiger partial charge in [0, 0.05) is 43.2 Å². The van der Waals surface area contributed by atoms with Crippen molar-refractivity contribution in [3.63, 3.8) is 0 Å². The zero-order valence-corrected chi connectivity index (χ0v) is 22.7. The number of hydrogen-bond donors (Lipinski definition) is 0. The first kappa shape index (κ1) is 26.4. The van der Waals surface area contributed by atoms with Crippen LogP contribution < -0.4 is 0 Å². The van der Waals surface area contributed by atoms with E-state index in [0.717, 1.165) is 11.1 Å².